The molecule has 2 aromatic carbocycles. The number of nitrogens with zero attached hydrogens (tertiary/aromatic N) is 1. The number of nitrogens with one attached hydrogen (secondary N) is 1. The van der Waals surface area contributed by atoms with E-state index in [0.29, 0.717) is 41.6 Å². The Labute approximate surface area is 171 Å². The van der Waals surface area contributed by atoms with Crippen molar-refractivity contribution >= 4 is 21.6 Å². The van der Waals surface area contributed by atoms with Crippen molar-refractivity contribution in [3.05, 3.63) is 48.0 Å². The maximum Gasteiger partial charge on any atom is 0.243 e. The Kier molecular flexibility index (Phi) is 6.76. The van der Waals surface area contributed by atoms with Gasteiger partial charge in [0.1, 0.15) is 11.5 Å². The minimum absolute atomic E-state index is 0.162. The minimum atomic E-state index is -3.41. The number of hydrogen-bond acceptors (Lipinski definition) is 5. The second-order valence-electron chi connectivity index (χ2n) is 6.87. The summed E-state index contributed by atoms with van der Waals surface area (Å²) in [5, 5.41) is 2.83. The van der Waals surface area contributed by atoms with Gasteiger partial charge in [-0.05, 0) is 49.1 Å². The summed E-state index contributed by atoms with van der Waals surface area (Å²) in [5.74, 6) is 1.01. The van der Waals surface area contributed by atoms with Crippen molar-refractivity contribution in [3.8, 4) is 11.5 Å². The third kappa shape index (κ3) is 5.07. The number of methoxy groups -OCH3 is 2. The fourth-order valence-electron chi connectivity index (χ4n) is 3.29. The van der Waals surface area contributed by atoms with Crippen LogP contribution < -0.4 is 14.8 Å². The quantitative estimate of drug-likeness (QED) is 0.712. The number of carbonyl (C=O) groups is 1. The van der Waals surface area contributed by atoms with Gasteiger partial charge in [0, 0.05) is 25.6 Å². The molecule has 1 amide bonds. The SMILES string of the molecule is COc1ccc(OC)c(NC(=O)CCc2ccc(S(=O)(=O)N3CCCC3)cc2)c1. The lowest BCUT2D eigenvalue weighted by Gasteiger charge is -2.15. The monoisotopic (exact) mass is 418 g/mol. The minimum Gasteiger partial charge on any atom is -0.497 e. The highest BCUT2D eigenvalue weighted by Crippen LogP contribution is 2.29. The van der Waals surface area contributed by atoms with Gasteiger partial charge in [0.05, 0.1) is 24.8 Å². The van der Waals surface area contributed by atoms with E-state index in [4.69, 9.17) is 9.47 Å². The molecule has 156 valence electrons. The molecule has 1 aliphatic heterocycles. The third-order valence-corrected chi connectivity index (χ3v) is 6.86. The fourth-order valence-corrected chi connectivity index (χ4v) is 4.81. The zero-order chi connectivity index (χ0) is 20.9. The van der Waals surface area contributed by atoms with Crippen LogP contribution >= 0.6 is 0 Å². The van der Waals surface area contributed by atoms with Crippen molar-refractivity contribution in [2.45, 2.75) is 30.6 Å². The van der Waals surface area contributed by atoms with Gasteiger partial charge in [-0.3, -0.25) is 4.79 Å². The molecule has 0 saturated carbocycles. The molecule has 0 radical (unpaired) electrons. The van der Waals surface area contributed by atoms with Gasteiger partial charge in [0.2, 0.25) is 15.9 Å². The molecule has 3 rings (SSSR count). The van der Waals surface area contributed by atoms with Crippen LogP contribution in [0, 0.1) is 0 Å². The predicted molar refractivity (Wildman–Crippen MR) is 111 cm³/mol. The number of benzene rings is 2. The molecule has 29 heavy (non-hydrogen) atoms. The average molecular weight is 419 g/mol. The van der Waals surface area contributed by atoms with Crippen LogP contribution in [-0.2, 0) is 21.2 Å². The maximum absolute atomic E-state index is 12.6. The smallest absolute Gasteiger partial charge is 0.243 e. The molecule has 1 heterocycles. The molecule has 0 bridgehead atoms. The second kappa shape index (κ2) is 9.28. The van der Waals surface area contributed by atoms with E-state index in [1.807, 2.05) is 0 Å². The molecular formula is C21H26N2O5S. The number of carbonyl (C=O) groups excluding carboxylic acids is 1. The summed E-state index contributed by atoms with van der Waals surface area (Å²) < 4.78 is 37.1. The highest BCUT2D eigenvalue weighted by Gasteiger charge is 2.26. The summed E-state index contributed by atoms with van der Waals surface area (Å²) in [6, 6.07) is 12.0. The van der Waals surface area contributed by atoms with Crippen LogP contribution in [0.1, 0.15) is 24.8 Å². The van der Waals surface area contributed by atoms with Gasteiger partial charge in [-0.2, -0.15) is 4.31 Å². The van der Waals surface area contributed by atoms with Crippen molar-refractivity contribution < 1.29 is 22.7 Å². The van der Waals surface area contributed by atoms with Crippen LogP contribution in [0.3, 0.4) is 0 Å². The van der Waals surface area contributed by atoms with Crippen molar-refractivity contribution in [2.24, 2.45) is 0 Å². The highest BCUT2D eigenvalue weighted by molar-refractivity contribution is 7.89. The van der Waals surface area contributed by atoms with Crippen LogP contribution in [0.5, 0.6) is 11.5 Å². The topological polar surface area (TPSA) is 84.9 Å². The summed E-state index contributed by atoms with van der Waals surface area (Å²) >= 11 is 0. The van der Waals surface area contributed by atoms with E-state index in [9.17, 15) is 13.2 Å². The number of aryl methyl sites for hydroxylation is 1. The summed E-state index contributed by atoms with van der Waals surface area (Å²) in [6.45, 7) is 1.16. The van der Waals surface area contributed by atoms with Crippen LogP contribution in [0.25, 0.3) is 0 Å². The first-order chi connectivity index (χ1) is 13.9. The van der Waals surface area contributed by atoms with Gasteiger partial charge in [-0.25, -0.2) is 8.42 Å². The standard InChI is InChI=1S/C21H26N2O5S/c1-27-17-8-11-20(28-2)19(15-17)22-21(24)12-7-16-5-9-18(10-6-16)29(25,26)23-13-3-4-14-23/h5-6,8-11,15H,3-4,7,12-14H2,1-2H3,(H,22,24). The number of anilines is 1. The lowest BCUT2D eigenvalue weighted by atomic mass is 10.1. The van der Waals surface area contributed by atoms with Gasteiger partial charge in [-0.1, -0.05) is 12.1 Å². The number of sulfonamides is 1. The molecule has 2 aromatic rings. The van der Waals surface area contributed by atoms with Gasteiger partial charge in [0.25, 0.3) is 0 Å². The van der Waals surface area contributed by atoms with E-state index in [2.05, 4.69) is 5.32 Å². The van der Waals surface area contributed by atoms with Crippen LogP contribution in [-0.4, -0.2) is 45.9 Å². The van der Waals surface area contributed by atoms with E-state index in [1.54, 1.807) is 49.6 Å². The summed E-state index contributed by atoms with van der Waals surface area (Å²) in [5.41, 5.74) is 1.45. The number of amides is 1. The Balaban J connectivity index is 1.59. The van der Waals surface area contributed by atoms with Crippen LogP contribution in [0.15, 0.2) is 47.4 Å². The van der Waals surface area contributed by atoms with Crippen LogP contribution in [0.4, 0.5) is 5.69 Å². The van der Waals surface area contributed by atoms with E-state index in [1.165, 1.54) is 11.4 Å². The number of ether oxygens (including phenoxy) is 2. The Morgan fingerprint density at radius 2 is 1.72 bits per heavy atom. The lowest BCUT2D eigenvalue weighted by Crippen LogP contribution is -2.27. The number of rotatable bonds is 8. The third-order valence-electron chi connectivity index (χ3n) is 4.95. The first kappa shape index (κ1) is 21.1. The molecule has 1 fully saturated rings. The molecule has 0 atom stereocenters. The molecule has 1 N–H and O–H groups in total. The summed E-state index contributed by atoms with van der Waals surface area (Å²) in [4.78, 5) is 12.6. The first-order valence-electron chi connectivity index (χ1n) is 9.55. The molecule has 0 aliphatic carbocycles. The first-order valence-corrected chi connectivity index (χ1v) is 11.0. The average Bonchev–Trinajstić information content (AvgIpc) is 3.28. The van der Waals surface area contributed by atoms with E-state index < -0.39 is 10.0 Å². The van der Waals surface area contributed by atoms with E-state index in [-0.39, 0.29) is 12.3 Å². The molecule has 0 unspecified atom stereocenters. The normalized spacial score (nSPS) is 14.6. The van der Waals surface area contributed by atoms with Gasteiger partial charge >= 0.3 is 0 Å². The van der Waals surface area contributed by atoms with Crippen molar-refractivity contribution in [1.82, 2.24) is 4.31 Å². The molecule has 1 saturated heterocycles. The largest absolute Gasteiger partial charge is 0.497 e. The summed E-state index contributed by atoms with van der Waals surface area (Å²) in [6.07, 6.45) is 2.58. The zero-order valence-electron chi connectivity index (χ0n) is 16.7. The van der Waals surface area contributed by atoms with Crippen LogP contribution in [0.2, 0.25) is 0 Å². The summed E-state index contributed by atoms with van der Waals surface area (Å²) in [7, 11) is -0.320. The van der Waals surface area contributed by atoms with E-state index in [0.717, 1.165) is 18.4 Å². The Morgan fingerprint density at radius 3 is 2.34 bits per heavy atom. The maximum atomic E-state index is 12.6. The van der Waals surface area contributed by atoms with Crippen molar-refractivity contribution in [2.75, 3.05) is 32.6 Å². The molecular weight excluding hydrogens is 392 g/mol. The molecule has 0 aromatic heterocycles. The highest BCUT2D eigenvalue weighted by atomic mass is 32.2. The Morgan fingerprint density at radius 1 is 1.03 bits per heavy atom. The van der Waals surface area contributed by atoms with Gasteiger partial charge in [0.15, 0.2) is 0 Å². The van der Waals surface area contributed by atoms with Crippen molar-refractivity contribution in [3.63, 3.8) is 0 Å². The van der Waals surface area contributed by atoms with Gasteiger partial charge in [-0.15, -0.1) is 0 Å². The Bertz CT molecular complexity index is 952. The molecule has 0 spiro atoms. The number of hydrogen-bond donors (Lipinski definition) is 1. The fraction of sp³-hybridized carbons (Fsp3) is 0.381. The lowest BCUT2D eigenvalue weighted by molar-refractivity contribution is -0.116. The van der Waals surface area contributed by atoms with Gasteiger partial charge < -0.3 is 14.8 Å². The molecule has 1 aliphatic rings. The second-order valence-corrected chi connectivity index (χ2v) is 8.81. The van der Waals surface area contributed by atoms with Crippen molar-refractivity contribution in [1.29, 1.82) is 0 Å². The van der Waals surface area contributed by atoms with E-state index >= 15 is 0 Å². The Hall–Kier alpha value is -2.58. The zero-order valence-corrected chi connectivity index (χ0v) is 17.5. The molecule has 8 heteroatoms. The molecule has 7 nitrogen and oxygen atoms in total. The predicted octanol–water partition coefficient (Wildman–Crippen LogP) is 3.06.